The van der Waals surface area contributed by atoms with Crippen molar-refractivity contribution >= 4 is 21.6 Å². The van der Waals surface area contributed by atoms with Gasteiger partial charge in [0.2, 0.25) is 0 Å². The number of anilines is 1. The largest absolute Gasteiger partial charge is 0.511 e. The van der Waals surface area contributed by atoms with Gasteiger partial charge in [0.1, 0.15) is 6.26 Å². The number of sulfonamides is 1. The number of benzene rings is 2. The molecule has 1 aliphatic heterocycles. The smallest absolute Gasteiger partial charge is 0.432 e. The van der Waals surface area contributed by atoms with Crippen LogP contribution in [0.15, 0.2) is 71.6 Å². The highest BCUT2D eigenvalue weighted by molar-refractivity contribution is 7.89. The zero-order valence-electron chi connectivity index (χ0n) is 19.5. The maximum Gasteiger partial charge on any atom is 0.511 e. The van der Waals surface area contributed by atoms with Crippen molar-refractivity contribution in [2.75, 3.05) is 11.4 Å². The lowest BCUT2D eigenvalue weighted by atomic mass is 10.0. The topological polar surface area (TPSA) is 71.1 Å². The molecule has 2 aromatic carbocycles. The summed E-state index contributed by atoms with van der Waals surface area (Å²) in [5.74, 6) is 0.409. The number of rotatable bonds is 6. The summed E-state index contributed by atoms with van der Waals surface area (Å²) in [6, 6.07) is 14.5. The quantitative estimate of drug-likeness (QED) is 0.363. The van der Waals surface area contributed by atoms with Gasteiger partial charge in [-0.2, -0.15) is 22.5 Å². The van der Waals surface area contributed by atoms with Crippen LogP contribution < -0.4 is 4.90 Å². The molecule has 190 valence electrons. The molecule has 1 unspecified atom stereocenters. The maximum absolute atomic E-state index is 13.7. The van der Waals surface area contributed by atoms with Crippen molar-refractivity contribution in [3.63, 3.8) is 0 Å². The SMILES string of the molecule is Cc1cccc2c1CN(S(=O)(=O)C(F)(F)F)CC(CCc1ccccc1)N2Cc1cn2ccoc2n1. The third-order valence-corrected chi connectivity index (χ3v) is 8.14. The molecule has 0 saturated carbocycles. The van der Waals surface area contributed by atoms with Crippen LogP contribution in [0.25, 0.3) is 5.84 Å². The van der Waals surface area contributed by atoms with E-state index in [0.717, 1.165) is 11.1 Å². The molecule has 0 saturated heterocycles. The first-order chi connectivity index (χ1) is 17.1. The van der Waals surface area contributed by atoms with E-state index in [2.05, 4.69) is 4.98 Å². The number of halogens is 3. The fraction of sp³-hybridized carbons (Fsp3) is 0.320. The summed E-state index contributed by atoms with van der Waals surface area (Å²) in [7, 11) is -5.53. The van der Waals surface area contributed by atoms with E-state index in [4.69, 9.17) is 4.42 Å². The number of nitrogens with zero attached hydrogens (tertiary/aromatic N) is 4. The number of oxazole rings is 1. The minimum absolute atomic E-state index is 0.285. The second kappa shape index (κ2) is 9.29. The van der Waals surface area contributed by atoms with E-state index >= 15 is 0 Å². The molecule has 0 N–H and O–H groups in total. The summed E-state index contributed by atoms with van der Waals surface area (Å²) in [5, 5.41) is 0. The second-order valence-corrected chi connectivity index (χ2v) is 10.9. The lowest BCUT2D eigenvalue weighted by Crippen LogP contribution is -2.47. The normalized spacial score (nSPS) is 17.3. The predicted molar refractivity (Wildman–Crippen MR) is 129 cm³/mol. The number of hydrogen-bond acceptors (Lipinski definition) is 5. The Hall–Kier alpha value is -3.31. The van der Waals surface area contributed by atoms with E-state index in [1.54, 1.807) is 29.8 Å². The van der Waals surface area contributed by atoms with Gasteiger partial charge in [-0.05, 0) is 42.5 Å². The van der Waals surface area contributed by atoms with Crippen LogP contribution in [-0.4, -0.2) is 40.2 Å². The predicted octanol–water partition coefficient (Wildman–Crippen LogP) is 4.91. The van der Waals surface area contributed by atoms with Gasteiger partial charge in [0, 0.05) is 37.2 Å². The zero-order chi connectivity index (χ0) is 25.5. The van der Waals surface area contributed by atoms with Crippen molar-refractivity contribution in [1.82, 2.24) is 13.7 Å². The number of aryl methyl sites for hydroxylation is 2. The van der Waals surface area contributed by atoms with Crippen LogP contribution in [0, 0.1) is 6.92 Å². The Morgan fingerprint density at radius 2 is 1.89 bits per heavy atom. The number of fused-ring (bicyclic) bond motifs is 2. The molecule has 3 heterocycles. The molecule has 0 aliphatic carbocycles. The Morgan fingerprint density at radius 3 is 2.61 bits per heavy atom. The summed E-state index contributed by atoms with van der Waals surface area (Å²) in [5.41, 5.74) is -1.71. The third kappa shape index (κ3) is 4.60. The van der Waals surface area contributed by atoms with Crippen LogP contribution in [0.2, 0.25) is 0 Å². The van der Waals surface area contributed by atoms with Crippen molar-refractivity contribution in [3.05, 3.63) is 89.6 Å². The Balaban J connectivity index is 1.58. The lowest BCUT2D eigenvalue weighted by molar-refractivity contribution is -0.0492. The Bertz CT molecular complexity index is 1440. The Labute approximate surface area is 206 Å². The van der Waals surface area contributed by atoms with E-state index in [1.807, 2.05) is 47.4 Å². The van der Waals surface area contributed by atoms with E-state index in [-0.39, 0.29) is 19.6 Å². The average Bonchev–Trinajstić information content (AvgIpc) is 3.38. The van der Waals surface area contributed by atoms with E-state index in [0.29, 0.717) is 39.9 Å². The number of alkyl halides is 3. The highest BCUT2D eigenvalue weighted by Crippen LogP contribution is 2.37. The first-order valence-electron chi connectivity index (χ1n) is 11.5. The van der Waals surface area contributed by atoms with Crippen LogP contribution in [0.4, 0.5) is 18.9 Å². The standard InChI is InChI=1S/C25H25F3N4O3S/c1-18-6-5-9-23-22(18)17-31(36(33,34)25(26,27)28)16-21(11-10-19-7-3-2-4-8-19)32(23)15-20-14-30-12-13-35-24(30)29-20/h2-9,12-14,21H,10-11,15-17H2,1H3. The van der Waals surface area contributed by atoms with Gasteiger partial charge in [-0.1, -0.05) is 42.5 Å². The van der Waals surface area contributed by atoms with Gasteiger partial charge >= 0.3 is 21.4 Å². The maximum atomic E-state index is 13.7. The van der Waals surface area contributed by atoms with Gasteiger partial charge in [-0.3, -0.25) is 4.40 Å². The fourth-order valence-corrected chi connectivity index (χ4v) is 5.69. The third-order valence-electron chi connectivity index (χ3n) is 6.60. The van der Waals surface area contributed by atoms with Gasteiger partial charge in [0.25, 0.3) is 0 Å². The van der Waals surface area contributed by atoms with Gasteiger partial charge in [-0.15, -0.1) is 0 Å². The van der Waals surface area contributed by atoms with Crippen molar-refractivity contribution in [1.29, 1.82) is 0 Å². The average molecular weight is 519 g/mol. The van der Waals surface area contributed by atoms with Gasteiger partial charge in [-0.25, -0.2) is 8.42 Å². The van der Waals surface area contributed by atoms with Crippen LogP contribution in [0.3, 0.4) is 0 Å². The first-order valence-corrected chi connectivity index (χ1v) is 12.9. The second-order valence-electron chi connectivity index (χ2n) is 8.95. The molecule has 0 radical (unpaired) electrons. The van der Waals surface area contributed by atoms with E-state index < -0.39 is 21.6 Å². The summed E-state index contributed by atoms with van der Waals surface area (Å²) in [4.78, 5) is 6.48. The number of aromatic nitrogens is 2. The van der Waals surface area contributed by atoms with Crippen LogP contribution in [0.1, 0.15) is 28.8 Å². The number of imidazole rings is 1. The van der Waals surface area contributed by atoms with Gasteiger partial charge in [0.15, 0.2) is 0 Å². The highest BCUT2D eigenvalue weighted by atomic mass is 32.2. The summed E-state index contributed by atoms with van der Waals surface area (Å²) in [6.45, 7) is 1.41. The molecule has 0 spiro atoms. The molecule has 0 fully saturated rings. The summed E-state index contributed by atoms with van der Waals surface area (Å²) < 4.78 is 73.9. The molecule has 0 amide bonds. The van der Waals surface area contributed by atoms with E-state index in [1.165, 1.54) is 6.26 Å². The molecule has 5 rings (SSSR count). The molecule has 1 atom stereocenters. The first kappa shape index (κ1) is 24.4. The molecule has 1 aliphatic rings. The van der Waals surface area contributed by atoms with Crippen molar-refractivity contribution in [3.8, 4) is 0 Å². The minimum Gasteiger partial charge on any atom is -0.432 e. The fourth-order valence-electron chi connectivity index (χ4n) is 4.73. The molecular formula is C25H25F3N4O3S. The van der Waals surface area contributed by atoms with Crippen molar-refractivity contribution in [2.45, 2.75) is 44.4 Å². The minimum atomic E-state index is -5.53. The van der Waals surface area contributed by atoms with Crippen LogP contribution in [0.5, 0.6) is 0 Å². The summed E-state index contributed by atoms with van der Waals surface area (Å²) >= 11 is 0. The molecule has 36 heavy (non-hydrogen) atoms. The van der Waals surface area contributed by atoms with Crippen LogP contribution >= 0.6 is 0 Å². The highest BCUT2D eigenvalue weighted by Gasteiger charge is 2.51. The van der Waals surface area contributed by atoms with Crippen molar-refractivity contribution in [2.24, 2.45) is 0 Å². The molecule has 11 heteroatoms. The molecular weight excluding hydrogens is 493 g/mol. The molecule has 2 aromatic heterocycles. The Morgan fingerprint density at radius 1 is 1.11 bits per heavy atom. The van der Waals surface area contributed by atoms with Crippen LogP contribution in [-0.2, 0) is 29.5 Å². The van der Waals surface area contributed by atoms with Gasteiger partial charge in [0.05, 0.1) is 12.2 Å². The van der Waals surface area contributed by atoms with Gasteiger partial charge < -0.3 is 9.32 Å². The lowest BCUT2D eigenvalue weighted by Gasteiger charge is -2.34. The van der Waals surface area contributed by atoms with Crippen molar-refractivity contribution < 1.29 is 26.0 Å². The summed E-state index contributed by atoms with van der Waals surface area (Å²) in [6.07, 6.45) is 6.06. The van der Waals surface area contributed by atoms with E-state index in [9.17, 15) is 21.6 Å². The zero-order valence-corrected chi connectivity index (χ0v) is 20.3. The molecule has 0 bridgehead atoms. The monoisotopic (exact) mass is 518 g/mol. The number of hydrogen-bond donors (Lipinski definition) is 0. The molecule has 4 aromatic rings. The molecule has 7 nitrogen and oxygen atoms in total. The Kier molecular flexibility index (Phi) is 6.29.